The number of nitrogens with zero attached hydrogens (tertiary/aromatic N) is 2. The average Bonchev–Trinajstić information content (AvgIpc) is 3.05. The van der Waals surface area contributed by atoms with Gasteiger partial charge in [-0.2, -0.15) is 5.26 Å². The van der Waals surface area contributed by atoms with E-state index < -0.39 is 0 Å². The van der Waals surface area contributed by atoms with Gasteiger partial charge in [0.1, 0.15) is 11.6 Å². The van der Waals surface area contributed by atoms with Gasteiger partial charge in [0, 0.05) is 31.9 Å². The summed E-state index contributed by atoms with van der Waals surface area (Å²) in [6.45, 7) is 3.42. The fourth-order valence-corrected chi connectivity index (χ4v) is 3.53. The number of amides is 1. The van der Waals surface area contributed by atoms with Gasteiger partial charge in [-0.25, -0.2) is 0 Å². The molecule has 1 aromatic carbocycles. The molecule has 0 aromatic heterocycles. The van der Waals surface area contributed by atoms with E-state index in [0.717, 1.165) is 38.1 Å². The van der Waals surface area contributed by atoms with Gasteiger partial charge in [-0.1, -0.05) is 25.0 Å². The van der Waals surface area contributed by atoms with Crippen LogP contribution >= 0.6 is 0 Å². The molecule has 1 amide bonds. The van der Waals surface area contributed by atoms with Crippen LogP contribution in [0.2, 0.25) is 0 Å². The third kappa shape index (κ3) is 5.09. The zero-order chi connectivity index (χ0) is 18.2. The SMILES string of the molecule is N#C/C(=C/c1ccc(N2CCCCCC2)cc1)C(=O)NCC1CCCO1. The molecular formula is C21H27N3O2. The molecule has 3 rings (SSSR count). The van der Waals surface area contributed by atoms with Gasteiger partial charge < -0.3 is 15.0 Å². The van der Waals surface area contributed by atoms with E-state index in [2.05, 4.69) is 22.3 Å². The highest BCUT2D eigenvalue weighted by Crippen LogP contribution is 2.21. The number of carbonyl (C=O) groups is 1. The van der Waals surface area contributed by atoms with Crippen LogP contribution in [-0.4, -0.2) is 38.3 Å². The number of carbonyl (C=O) groups excluding carboxylic acids is 1. The molecule has 1 N–H and O–H groups in total. The summed E-state index contributed by atoms with van der Waals surface area (Å²) in [5.74, 6) is -0.334. The van der Waals surface area contributed by atoms with Gasteiger partial charge >= 0.3 is 0 Å². The Morgan fingerprint density at radius 2 is 1.92 bits per heavy atom. The van der Waals surface area contributed by atoms with Gasteiger partial charge in [-0.15, -0.1) is 0 Å². The van der Waals surface area contributed by atoms with E-state index in [-0.39, 0.29) is 17.6 Å². The predicted octanol–water partition coefficient (Wildman–Crippen LogP) is 3.27. The Balaban J connectivity index is 1.60. The number of hydrogen-bond acceptors (Lipinski definition) is 4. The second-order valence-corrected chi connectivity index (χ2v) is 7.01. The molecule has 1 unspecified atom stereocenters. The Labute approximate surface area is 155 Å². The zero-order valence-corrected chi connectivity index (χ0v) is 15.2. The lowest BCUT2D eigenvalue weighted by Gasteiger charge is -2.22. The second kappa shape index (κ2) is 9.40. The summed E-state index contributed by atoms with van der Waals surface area (Å²) in [6.07, 6.45) is 8.82. The molecule has 2 aliphatic heterocycles. The minimum Gasteiger partial charge on any atom is -0.376 e. The zero-order valence-electron chi connectivity index (χ0n) is 15.2. The minimum atomic E-state index is -0.334. The number of nitrogens with one attached hydrogen (secondary N) is 1. The summed E-state index contributed by atoms with van der Waals surface area (Å²) in [5.41, 5.74) is 2.21. The number of hydrogen-bond donors (Lipinski definition) is 1. The molecular weight excluding hydrogens is 326 g/mol. The Bertz CT molecular complexity index is 661. The lowest BCUT2D eigenvalue weighted by molar-refractivity contribution is -0.117. The van der Waals surface area contributed by atoms with Crippen molar-refractivity contribution in [1.29, 1.82) is 5.26 Å². The van der Waals surface area contributed by atoms with Crippen LogP contribution in [0.25, 0.3) is 6.08 Å². The van der Waals surface area contributed by atoms with E-state index in [9.17, 15) is 10.1 Å². The molecule has 1 atom stereocenters. The topological polar surface area (TPSA) is 65.4 Å². The van der Waals surface area contributed by atoms with Gasteiger partial charge in [0.15, 0.2) is 0 Å². The summed E-state index contributed by atoms with van der Waals surface area (Å²) in [6, 6.07) is 10.1. The molecule has 0 saturated carbocycles. The van der Waals surface area contributed by atoms with Crippen molar-refractivity contribution >= 4 is 17.7 Å². The first-order chi connectivity index (χ1) is 12.8. The average molecular weight is 353 g/mol. The first-order valence-electron chi connectivity index (χ1n) is 9.63. The van der Waals surface area contributed by atoms with E-state index in [1.165, 1.54) is 31.4 Å². The third-order valence-electron chi connectivity index (χ3n) is 5.05. The van der Waals surface area contributed by atoms with E-state index in [1.807, 2.05) is 18.2 Å². The third-order valence-corrected chi connectivity index (χ3v) is 5.05. The lowest BCUT2D eigenvalue weighted by Crippen LogP contribution is -2.32. The van der Waals surface area contributed by atoms with E-state index in [1.54, 1.807) is 6.08 Å². The van der Waals surface area contributed by atoms with Crippen LogP contribution in [-0.2, 0) is 9.53 Å². The maximum Gasteiger partial charge on any atom is 0.262 e. The Kier molecular flexibility index (Phi) is 6.68. The standard InChI is InChI=1S/C21H27N3O2/c22-15-18(21(25)23-16-20-6-5-13-26-20)14-17-7-9-19(10-8-17)24-11-3-1-2-4-12-24/h7-10,14,20H,1-6,11-13,16H2,(H,23,25)/b18-14-. The van der Waals surface area contributed by atoms with Crippen LogP contribution in [0.3, 0.4) is 0 Å². The lowest BCUT2D eigenvalue weighted by atomic mass is 10.1. The molecule has 26 heavy (non-hydrogen) atoms. The molecule has 2 fully saturated rings. The summed E-state index contributed by atoms with van der Waals surface area (Å²) in [4.78, 5) is 14.6. The number of ether oxygens (including phenoxy) is 1. The van der Waals surface area contributed by atoms with Crippen molar-refractivity contribution in [3.8, 4) is 6.07 Å². The van der Waals surface area contributed by atoms with Crippen molar-refractivity contribution < 1.29 is 9.53 Å². The normalized spacial score (nSPS) is 21.1. The van der Waals surface area contributed by atoms with Crippen LogP contribution in [0.5, 0.6) is 0 Å². The van der Waals surface area contributed by atoms with Crippen molar-refractivity contribution in [1.82, 2.24) is 5.32 Å². The Hall–Kier alpha value is -2.32. The van der Waals surface area contributed by atoms with Gasteiger partial charge in [0.2, 0.25) is 0 Å². The number of anilines is 1. The molecule has 5 heteroatoms. The van der Waals surface area contributed by atoms with Crippen molar-refractivity contribution in [3.63, 3.8) is 0 Å². The molecule has 1 aromatic rings. The highest BCUT2D eigenvalue weighted by atomic mass is 16.5. The monoisotopic (exact) mass is 353 g/mol. The van der Waals surface area contributed by atoms with Crippen molar-refractivity contribution in [2.45, 2.75) is 44.6 Å². The molecule has 2 heterocycles. The Morgan fingerprint density at radius 1 is 1.19 bits per heavy atom. The van der Waals surface area contributed by atoms with Crippen LogP contribution in [0.15, 0.2) is 29.8 Å². The fraction of sp³-hybridized carbons (Fsp3) is 0.524. The van der Waals surface area contributed by atoms with Crippen LogP contribution in [0, 0.1) is 11.3 Å². The van der Waals surface area contributed by atoms with Crippen LogP contribution < -0.4 is 10.2 Å². The van der Waals surface area contributed by atoms with Gasteiger partial charge in [-0.05, 0) is 49.5 Å². The second-order valence-electron chi connectivity index (χ2n) is 7.01. The van der Waals surface area contributed by atoms with Crippen LogP contribution in [0.4, 0.5) is 5.69 Å². The number of rotatable bonds is 5. The van der Waals surface area contributed by atoms with Gasteiger partial charge in [-0.3, -0.25) is 4.79 Å². The number of benzene rings is 1. The molecule has 0 spiro atoms. The van der Waals surface area contributed by atoms with Crippen molar-refractivity contribution in [2.75, 3.05) is 31.1 Å². The molecule has 0 radical (unpaired) electrons. The number of nitriles is 1. The fourth-order valence-electron chi connectivity index (χ4n) is 3.53. The summed E-state index contributed by atoms with van der Waals surface area (Å²) in [7, 11) is 0. The van der Waals surface area contributed by atoms with Crippen molar-refractivity contribution in [3.05, 3.63) is 35.4 Å². The molecule has 5 nitrogen and oxygen atoms in total. The minimum absolute atomic E-state index is 0.0757. The quantitative estimate of drug-likeness (QED) is 0.652. The molecule has 2 saturated heterocycles. The first-order valence-corrected chi connectivity index (χ1v) is 9.63. The summed E-state index contributed by atoms with van der Waals surface area (Å²) < 4.78 is 5.49. The highest BCUT2D eigenvalue weighted by molar-refractivity contribution is 6.01. The summed E-state index contributed by atoms with van der Waals surface area (Å²) >= 11 is 0. The van der Waals surface area contributed by atoms with E-state index in [0.29, 0.717) is 6.54 Å². The molecule has 2 aliphatic rings. The van der Waals surface area contributed by atoms with E-state index in [4.69, 9.17) is 4.74 Å². The summed E-state index contributed by atoms with van der Waals surface area (Å²) in [5, 5.41) is 12.1. The predicted molar refractivity (Wildman–Crippen MR) is 103 cm³/mol. The Morgan fingerprint density at radius 3 is 2.54 bits per heavy atom. The maximum atomic E-state index is 12.2. The smallest absolute Gasteiger partial charge is 0.262 e. The molecule has 0 aliphatic carbocycles. The largest absolute Gasteiger partial charge is 0.376 e. The van der Waals surface area contributed by atoms with Crippen LogP contribution in [0.1, 0.15) is 44.1 Å². The van der Waals surface area contributed by atoms with E-state index >= 15 is 0 Å². The van der Waals surface area contributed by atoms with Gasteiger partial charge in [0.05, 0.1) is 6.10 Å². The molecule has 0 bridgehead atoms. The highest BCUT2D eigenvalue weighted by Gasteiger charge is 2.17. The maximum absolute atomic E-state index is 12.2. The van der Waals surface area contributed by atoms with Gasteiger partial charge in [0.25, 0.3) is 5.91 Å². The first kappa shape index (κ1) is 18.5. The van der Waals surface area contributed by atoms with Crippen molar-refractivity contribution in [2.24, 2.45) is 0 Å². The molecule has 138 valence electrons.